The van der Waals surface area contributed by atoms with E-state index >= 15 is 0 Å². The van der Waals surface area contributed by atoms with Crippen molar-refractivity contribution in [2.24, 2.45) is 0 Å². The molecule has 0 aliphatic rings. The number of carbonyl (C=O) groups is 1. The van der Waals surface area contributed by atoms with E-state index in [9.17, 15) is 15.2 Å². The highest BCUT2D eigenvalue weighted by molar-refractivity contribution is 9.10. The molecule has 0 radical (unpaired) electrons. The number of methoxy groups -OCH3 is 1. The Bertz CT molecular complexity index is 851. The van der Waals surface area contributed by atoms with E-state index in [1.165, 1.54) is 13.2 Å². The molecule has 2 aromatic rings. The maximum atomic E-state index is 12.5. The minimum absolute atomic E-state index is 0.0230. The highest BCUT2D eigenvalue weighted by Crippen LogP contribution is 2.36. The van der Waals surface area contributed by atoms with Gasteiger partial charge in [-0.05, 0) is 70.9 Å². The van der Waals surface area contributed by atoms with Gasteiger partial charge in [-0.3, -0.25) is 4.79 Å². The van der Waals surface area contributed by atoms with Crippen molar-refractivity contribution < 1.29 is 19.4 Å². The van der Waals surface area contributed by atoms with Crippen molar-refractivity contribution in [3.05, 3.63) is 57.6 Å². The van der Waals surface area contributed by atoms with E-state index in [0.29, 0.717) is 28.0 Å². The normalized spacial score (nSPS) is 10.9. The van der Waals surface area contributed by atoms with Gasteiger partial charge in [0.25, 0.3) is 0 Å². The fraction of sp³-hybridized carbons (Fsp3) is 0.158. The van der Waals surface area contributed by atoms with Gasteiger partial charge in [-0.15, -0.1) is 0 Å². The first kappa shape index (κ1) is 18.6. The molecule has 5 nitrogen and oxygen atoms in total. The number of nitriles is 1. The predicted molar refractivity (Wildman–Crippen MR) is 97.9 cm³/mol. The molecule has 6 heteroatoms. The minimum atomic E-state index is -0.396. The number of carbonyl (C=O) groups excluding carboxylic acids is 1. The Morgan fingerprint density at radius 1 is 1.32 bits per heavy atom. The molecular weight excluding hydrogens is 386 g/mol. The van der Waals surface area contributed by atoms with E-state index in [1.54, 1.807) is 43.3 Å². The molecule has 0 aromatic heterocycles. The molecule has 0 fully saturated rings. The lowest BCUT2D eigenvalue weighted by Crippen LogP contribution is -2.02. The van der Waals surface area contributed by atoms with Gasteiger partial charge < -0.3 is 14.6 Å². The van der Waals surface area contributed by atoms with E-state index in [1.807, 2.05) is 6.07 Å². The maximum absolute atomic E-state index is 12.5. The zero-order valence-electron chi connectivity index (χ0n) is 13.7. The minimum Gasteiger partial charge on any atom is -0.503 e. The number of ether oxygens (including phenoxy) is 2. The van der Waals surface area contributed by atoms with Gasteiger partial charge in [-0.1, -0.05) is 0 Å². The first-order chi connectivity index (χ1) is 12.0. The van der Waals surface area contributed by atoms with Crippen molar-refractivity contribution in [3.8, 4) is 23.3 Å². The summed E-state index contributed by atoms with van der Waals surface area (Å²) < 4.78 is 10.8. The average Bonchev–Trinajstić information content (AvgIpc) is 2.63. The zero-order chi connectivity index (χ0) is 18.4. The number of Topliss-reactive ketones (excluding diaryl/α,β-unsaturated/α-hetero) is 1. The summed E-state index contributed by atoms with van der Waals surface area (Å²) in [5.74, 6) is 0.478. The molecule has 25 heavy (non-hydrogen) atoms. The Morgan fingerprint density at radius 2 is 2.00 bits per heavy atom. The summed E-state index contributed by atoms with van der Waals surface area (Å²) in [6.45, 7) is 2.17. The number of nitrogens with zero attached hydrogens (tertiary/aromatic N) is 1. The number of hydrogen-bond acceptors (Lipinski definition) is 5. The highest BCUT2D eigenvalue weighted by Gasteiger charge is 2.14. The van der Waals surface area contributed by atoms with Crippen LogP contribution in [0.25, 0.3) is 6.08 Å². The fourth-order valence-electron chi connectivity index (χ4n) is 2.16. The van der Waals surface area contributed by atoms with E-state index in [0.717, 1.165) is 0 Å². The van der Waals surface area contributed by atoms with Crippen LogP contribution in [0.3, 0.4) is 0 Å². The molecule has 0 spiro atoms. The number of halogens is 1. The van der Waals surface area contributed by atoms with Crippen LogP contribution in [0.2, 0.25) is 0 Å². The van der Waals surface area contributed by atoms with E-state index in [2.05, 4.69) is 15.9 Å². The van der Waals surface area contributed by atoms with Crippen molar-refractivity contribution in [3.63, 3.8) is 0 Å². The highest BCUT2D eigenvalue weighted by atomic mass is 79.9. The van der Waals surface area contributed by atoms with Crippen LogP contribution >= 0.6 is 15.9 Å². The molecule has 0 heterocycles. The summed E-state index contributed by atoms with van der Waals surface area (Å²) in [5.41, 5.74) is 0.924. The average molecular weight is 402 g/mol. The third-order valence-electron chi connectivity index (χ3n) is 3.38. The molecule has 0 aliphatic carbocycles. The van der Waals surface area contributed by atoms with Gasteiger partial charge in [0.2, 0.25) is 5.78 Å². The number of aromatic hydroxyl groups is 1. The number of rotatable bonds is 6. The van der Waals surface area contributed by atoms with Crippen LogP contribution in [0, 0.1) is 11.3 Å². The van der Waals surface area contributed by atoms with Crippen molar-refractivity contribution in [2.45, 2.75) is 6.92 Å². The van der Waals surface area contributed by atoms with E-state index < -0.39 is 5.78 Å². The molecule has 2 rings (SSSR count). The maximum Gasteiger partial charge on any atom is 0.203 e. The summed E-state index contributed by atoms with van der Waals surface area (Å²) in [7, 11) is 1.54. The topological polar surface area (TPSA) is 79.5 Å². The second-order valence-corrected chi connectivity index (χ2v) is 5.86. The Morgan fingerprint density at radius 3 is 2.56 bits per heavy atom. The van der Waals surface area contributed by atoms with Gasteiger partial charge >= 0.3 is 0 Å². The SMILES string of the molecule is CCOc1cc(/C=C(\C#N)C(=O)c2ccc(OC)cc2)cc(Br)c1O. The lowest BCUT2D eigenvalue weighted by atomic mass is 10.0. The summed E-state index contributed by atoms with van der Waals surface area (Å²) in [5, 5.41) is 19.3. The summed E-state index contributed by atoms with van der Waals surface area (Å²) in [6.07, 6.45) is 1.46. The molecule has 0 saturated heterocycles. The number of allylic oxidation sites excluding steroid dienone is 1. The van der Waals surface area contributed by atoms with Crippen LogP contribution in [0.4, 0.5) is 0 Å². The quantitative estimate of drug-likeness (QED) is 0.442. The second-order valence-electron chi connectivity index (χ2n) is 5.01. The molecule has 0 saturated carbocycles. The molecule has 128 valence electrons. The second kappa shape index (κ2) is 8.36. The Kier molecular flexibility index (Phi) is 6.20. The Balaban J connectivity index is 2.39. The van der Waals surface area contributed by atoms with E-state index in [4.69, 9.17) is 9.47 Å². The number of ketones is 1. The molecule has 0 amide bonds. The Labute approximate surface area is 154 Å². The molecule has 0 atom stereocenters. The molecule has 0 aliphatic heterocycles. The van der Waals surface area contributed by atoms with Gasteiger partial charge in [0.1, 0.15) is 17.4 Å². The zero-order valence-corrected chi connectivity index (χ0v) is 15.3. The third kappa shape index (κ3) is 4.40. The molecule has 1 N–H and O–H groups in total. The Hall–Kier alpha value is -2.78. The summed E-state index contributed by atoms with van der Waals surface area (Å²) in [4.78, 5) is 12.5. The lowest BCUT2D eigenvalue weighted by Gasteiger charge is -2.09. The largest absolute Gasteiger partial charge is 0.503 e. The van der Waals surface area contributed by atoms with E-state index in [-0.39, 0.29) is 17.1 Å². The van der Waals surface area contributed by atoms with Crippen LogP contribution in [-0.4, -0.2) is 24.6 Å². The number of phenols is 1. The van der Waals surface area contributed by atoms with Crippen molar-refractivity contribution in [1.29, 1.82) is 5.26 Å². The van der Waals surface area contributed by atoms with Gasteiger partial charge in [0, 0.05) is 5.56 Å². The van der Waals surface area contributed by atoms with Crippen LogP contribution < -0.4 is 9.47 Å². The standard InChI is InChI=1S/C19H16BrNO4/c1-3-25-17-10-12(9-16(20)19(17)23)8-14(11-21)18(22)13-4-6-15(24-2)7-5-13/h4-10,23H,3H2,1-2H3/b14-8+. The van der Waals surface area contributed by atoms with Crippen molar-refractivity contribution in [2.75, 3.05) is 13.7 Å². The monoisotopic (exact) mass is 401 g/mol. The third-order valence-corrected chi connectivity index (χ3v) is 3.98. The smallest absolute Gasteiger partial charge is 0.203 e. The van der Waals surface area contributed by atoms with Crippen molar-refractivity contribution in [1.82, 2.24) is 0 Å². The number of phenolic OH excluding ortho intramolecular Hbond substituents is 1. The van der Waals surface area contributed by atoms with Gasteiger partial charge in [-0.25, -0.2) is 0 Å². The number of benzene rings is 2. The first-order valence-corrected chi connectivity index (χ1v) is 8.25. The molecule has 0 unspecified atom stereocenters. The predicted octanol–water partition coefficient (Wildman–Crippen LogP) is 4.35. The molecular formula is C19H16BrNO4. The van der Waals surface area contributed by atoms with Crippen LogP contribution in [0.1, 0.15) is 22.8 Å². The summed E-state index contributed by atoms with van der Waals surface area (Å²) >= 11 is 3.24. The van der Waals surface area contributed by atoms with Gasteiger partial charge in [0.15, 0.2) is 11.5 Å². The summed E-state index contributed by atoms with van der Waals surface area (Å²) in [6, 6.07) is 11.6. The molecule has 0 bridgehead atoms. The van der Waals surface area contributed by atoms with Crippen LogP contribution in [0.15, 0.2) is 46.4 Å². The fourth-order valence-corrected chi connectivity index (χ4v) is 2.62. The number of hydrogen-bond donors (Lipinski definition) is 1. The van der Waals surface area contributed by atoms with Gasteiger partial charge in [-0.2, -0.15) is 5.26 Å². The van der Waals surface area contributed by atoms with Crippen LogP contribution in [0.5, 0.6) is 17.2 Å². The van der Waals surface area contributed by atoms with Crippen LogP contribution in [-0.2, 0) is 0 Å². The lowest BCUT2D eigenvalue weighted by molar-refractivity contribution is 0.104. The molecule has 2 aromatic carbocycles. The van der Waals surface area contributed by atoms with Gasteiger partial charge in [0.05, 0.1) is 18.2 Å². The first-order valence-electron chi connectivity index (χ1n) is 7.46. The van der Waals surface area contributed by atoms with Crippen molar-refractivity contribution >= 4 is 27.8 Å².